The minimum Gasteiger partial charge on any atom is -0.493 e. The molecule has 2 aromatic carbocycles. The molecule has 0 bridgehead atoms. The van der Waals surface area contributed by atoms with Gasteiger partial charge in [-0.1, -0.05) is 45.5 Å². The lowest BCUT2D eigenvalue weighted by Gasteiger charge is -2.26. The van der Waals surface area contributed by atoms with Crippen molar-refractivity contribution in [2.24, 2.45) is 4.99 Å². The van der Waals surface area contributed by atoms with Gasteiger partial charge >= 0.3 is 5.97 Å². The van der Waals surface area contributed by atoms with Crippen LogP contribution in [0.15, 0.2) is 61.9 Å². The summed E-state index contributed by atoms with van der Waals surface area (Å²) in [5.41, 5.74) is 2.62. The topological polar surface area (TPSA) is 99.4 Å². The molecule has 0 unspecified atom stereocenters. The summed E-state index contributed by atoms with van der Waals surface area (Å²) in [5, 5.41) is 0. The monoisotopic (exact) mass is 625 g/mol. The van der Waals surface area contributed by atoms with Crippen LogP contribution in [0, 0.1) is 0 Å². The molecule has 2 aliphatic heterocycles. The number of likely N-dealkylation sites (N-methyl/N-ethyl adjacent to an activating group) is 1. The number of anilines is 1. The van der Waals surface area contributed by atoms with Crippen molar-refractivity contribution < 1.29 is 23.8 Å². The molecule has 0 aliphatic carbocycles. The Morgan fingerprint density at radius 2 is 1.85 bits per heavy atom. The maximum absolute atomic E-state index is 14.3. The first-order valence-electron chi connectivity index (χ1n) is 12.9. The van der Waals surface area contributed by atoms with Crippen molar-refractivity contribution in [3.05, 3.63) is 83.0 Å². The predicted molar refractivity (Wildman–Crippen MR) is 156 cm³/mol. The number of hydrogen-bond donors (Lipinski definition) is 0. The lowest BCUT2D eigenvalue weighted by atomic mass is 9.95. The zero-order chi connectivity index (χ0) is 28.7. The highest BCUT2D eigenvalue weighted by Gasteiger charge is 2.38. The van der Waals surface area contributed by atoms with E-state index in [1.54, 1.807) is 38.0 Å². The largest absolute Gasteiger partial charge is 0.493 e. The van der Waals surface area contributed by atoms with Gasteiger partial charge in [-0.05, 0) is 51.5 Å². The number of halogens is 1. The third-order valence-corrected chi connectivity index (χ3v) is 8.58. The van der Waals surface area contributed by atoms with Gasteiger partial charge in [0, 0.05) is 16.6 Å². The number of benzene rings is 2. The van der Waals surface area contributed by atoms with Crippen molar-refractivity contribution in [3.63, 3.8) is 0 Å². The van der Waals surface area contributed by atoms with E-state index in [1.165, 1.54) is 4.57 Å². The third kappa shape index (κ3) is 4.37. The number of nitrogens with zero attached hydrogens (tertiary/aromatic N) is 3. The zero-order valence-electron chi connectivity index (χ0n) is 22.7. The number of amides is 1. The second kappa shape index (κ2) is 11.1. The molecule has 0 N–H and O–H groups in total. The van der Waals surface area contributed by atoms with E-state index >= 15 is 0 Å². The summed E-state index contributed by atoms with van der Waals surface area (Å²) in [6.45, 7) is 8.20. The maximum Gasteiger partial charge on any atom is 0.338 e. The van der Waals surface area contributed by atoms with Crippen LogP contribution < -0.4 is 29.3 Å². The van der Waals surface area contributed by atoms with Gasteiger partial charge in [0.25, 0.3) is 11.5 Å². The maximum atomic E-state index is 14.3. The molecule has 2 aliphatic rings. The Morgan fingerprint density at radius 3 is 2.52 bits per heavy atom. The van der Waals surface area contributed by atoms with Gasteiger partial charge in [0.2, 0.25) is 0 Å². The number of para-hydroxylation sites is 1. The summed E-state index contributed by atoms with van der Waals surface area (Å²) in [6.07, 6.45) is 0. The van der Waals surface area contributed by atoms with Crippen molar-refractivity contribution in [2.45, 2.75) is 33.7 Å². The van der Waals surface area contributed by atoms with Crippen LogP contribution in [-0.2, 0) is 14.3 Å². The van der Waals surface area contributed by atoms with Crippen LogP contribution in [0.1, 0.15) is 44.9 Å². The Balaban J connectivity index is 1.85. The first kappa shape index (κ1) is 27.9. The van der Waals surface area contributed by atoms with Crippen LogP contribution in [0.5, 0.6) is 11.5 Å². The average molecular weight is 627 g/mol. The molecule has 3 heterocycles. The van der Waals surface area contributed by atoms with E-state index in [4.69, 9.17) is 14.2 Å². The molecule has 9 nitrogen and oxygen atoms in total. The fourth-order valence-electron chi connectivity index (χ4n) is 5.14. The molecule has 0 saturated heterocycles. The molecule has 1 aromatic heterocycles. The first-order valence-corrected chi connectivity index (χ1v) is 14.5. The highest BCUT2D eigenvalue weighted by atomic mass is 79.9. The lowest BCUT2D eigenvalue weighted by molar-refractivity contribution is -0.139. The van der Waals surface area contributed by atoms with E-state index < -0.39 is 17.6 Å². The number of carbonyl (C=O) groups excluding carboxylic acids is 2. The summed E-state index contributed by atoms with van der Waals surface area (Å²) in [4.78, 5) is 47.9. The Kier molecular flexibility index (Phi) is 7.70. The Labute approximate surface area is 243 Å². The van der Waals surface area contributed by atoms with Gasteiger partial charge in [0.05, 0.1) is 48.9 Å². The molecule has 0 fully saturated rings. The Morgan fingerprint density at radius 1 is 1.10 bits per heavy atom. The van der Waals surface area contributed by atoms with Crippen LogP contribution in [0.4, 0.5) is 5.69 Å². The number of esters is 1. The summed E-state index contributed by atoms with van der Waals surface area (Å²) in [7, 11) is 1.54. The number of ether oxygens (including phenoxy) is 3. The molecule has 0 radical (unpaired) electrons. The molecule has 11 heteroatoms. The van der Waals surface area contributed by atoms with Crippen LogP contribution in [0.3, 0.4) is 0 Å². The quantitative estimate of drug-likeness (QED) is 0.371. The van der Waals surface area contributed by atoms with Crippen molar-refractivity contribution >= 4 is 50.4 Å². The molecule has 3 aromatic rings. The zero-order valence-corrected chi connectivity index (χ0v) is 25.1. The van der Waals surface area contributed by atoms with Gasteiger partial charge in [0.1, 0.15) is 4.53 Å². The Bertz CT molecular complexity index is 1760. The number of rotatable bonds is 7. The number of thiazole rings is 1. The number of aromatic nitrogens is 1. The number of carbonyl (C=O) groups is 2. The lowest BCUT2D eigenvalue weighted by Crippen LogP contribution is -2.41. The minimum atomic E-state index is -0.891. The number of hydrogen-bond acceptors (Lipinski definition) is 8. The van der Waals surface area contributed by atoms with Crippen molar-refractivity contribution in [1.82, 2.24) is 4.57 Å². The van der Waals surface area contributed by atoms with E-state index in [0.29, 0.717) is 56.3 Å². The Hall–Kier alpha value is -3.70. The van der Waals surface area contributed by atoms with Crippen LogP contribution in [0.25, 0.3) is 5.57 Å². The second-order valence-electron chi connectivity index (χ2n) is 9.02. The summed E-state index contributed by atoms with van der Waals surface area (Å²) in [6, 6.07) is 10.0. The van der Waals surface area contributed by atoms with E-state index in [2.05, 4.69) is 20.9 Å². The molecule has 1 atom stereocenters. The SMILES string of the molecule is CCOC(=O)C1=C(C)N=c2s/c(=C3/C(=O)N(CC)c4ccccc43)c(=O)n2[C@H]1c1cc(OCC)c(OC)cc1Br. The highest BCUT2D eigenvalue weighted by Crippen LogP contribution is 2.41. The van der Waals surface area contributed by atoms with Gasteiger partial charge in [-0.25, -0.2) is 9.79 Å². The van der Waals surface area contributed by atoms with E-state index in [-0.39, 0.29) is 22.6 Å². The molecule has 208 valence electrons. The number of fused-ring (bicyclic) bond motifs is 2. The molecule has 5 rings (SSSR count). The predicted octanol–water partition coefficient (Wildman–Crippen LogP) is 3.70. The van der Waals surface area contributed by atoms with Crippen molar-refractivity contribution in [2.75, 3.05) is 31.8 Å². The smallest absolute Gasteiger partial charge is 0.338 e. The van der Waals surface area contributed by atoms with E-state index in [0.717, 1.165) is 17.0 Å². The molecular formula is C29H28BrN3O6S. The number of allylic oxidation sites excluding steroid dienone is 1. The van der Waals surface area contributed by atoms with Crippen molar-refractivity contribution in [3.8, 4) is 11.5 Å². The molecule has 0 saturated carbocycles. The third-order valence-electron chi connectivity index (χ3n) is 6.84. The second-order valence-corrected chi connectivity index (χ2v) is 10.9. The van der Waals surface area contributed by atoms with Gasteiger partial charge in [0.15, 0.2) is 16.3 Å². The summed E-state index contributed by atoms with van der Waals surface area (Å²) >= 11 is 4.76. The van der Waals surface area contributed by atoms with E-state index in [9.17, 15) is 14.4 Å². The van der Waals surface area contributed by atoms with E-state index in [1.807, 2.05) is 38.1 Å². The number of methoxy groups -OCH3 is 1. The fourth-order valence-corrected chi connectivity index (χ4v) is 6.81. The van der Waals surface area contributed by atoms with Crippen LogP contribution in [-0.4, -0.2) is 43.3 Å². The van der Waals surface area contributed by atoms with Gasteiger partial charge in [-0.2, -0.15) is 0 Å². The normalized spacial score (nSPS) is 17.4. The fraction of sp³-hybridized carbons (Fsp3) is 0.310. The van der Waals surface area contributed by atoms with Gasteiger partial charge < -0.3 is 19.1 Å². The standard InChI is InChI=1S/C29H28BrN3O6S/c1-6-32-19-12-10-9-11-16(19)23(26(32)34)25-27(35)33-24(17-13-21(38-7-2)20(37-5)14-18(17)30)22(28(36)39-8-3)15(4)31-29(33)40-25/h9-14,24H,6-8H2,1-5H3/b25-23+/t24-/m0/s1. The molecule has 1 amide bonds. The van der Waals surface area contributed by atoms with Gasteiger partial charge in [-0.15, -0.1) is 0 Å². The van der Waals surface area contributed by atoms with Crippen LogP contribution >= 0.6 is 27.3 Å². The first-order chi connectivity index (χ1) is 19.3. The molecule has 0 spiro atoms. The summed E-state index contributed by atoms with van der Waals surface area (Å²) in [5.74, 6) is 0.144. The highest BCUT2D eigenvalue weighted by molar-refractivity contribution is 9.10. The minimum absolute atomic E-state index is 0.156. The molecular weight excluding hydrogens is 598 g/mol. The summed E-state index contributed by atoms with van der Waals surface area (Å²) < 4.78 is 19.1. The van der Waals surface area contributed by atoms with Gasteiger partial charge in [-0.3, -0.25) is 14.2 Å². The van der Waals surface area contributed by atoms with Crippen molar-refractivity contribution in [1.29, 1.82) is 0 Å². The molecule has 40 heavy (non-hydrogen) atoms. The average Bonchev–Trinajstić information content (AvgIpc) is 3.40. The van der Waals surface area contributed by atoms with Crippen LogP contribution in [0.2, 0.25) is 0 Å².